The van der Waals surface area contributed by atoms with Crippen molar-refractivity contribution < 1.29 is 49.2 Å². The van der Waals surface area contributed by atoms with E-state index < -0.39 is 0 Å². The Balaban J connectivity index is 0. The van der Waals surface area contributed by atoms with E-state index in [9.17, 15) is 0 Å². The van der Waals surface area contributed by atoms with Crippen molar-refractivity contribution in [3.8, 4) is 0 Å². The topological polar surface area (TPSA) is 20.2 Å². The summed E-state index contributed by atoms with van der Waals surface area (Å²) in [6.07, 6.45) is 0.750. The molecule has 21 valence electrons. The maximum atomic E-state index is 7.33. The second-order valence-corrected chi connectivity index (χ2v) is 0.183. The van der Waals surface area contributed by atoms with E-state index in [1.54, 1.807) is 0 Å². The van der Waals surface area contributed by atoms with Gasteiger partial charge in [-0.15, -0.1) is 0 Å². The van der Waals surface area contributed by atoms with Gasteiger partial charge in [0, 0.05) is 44.1 Å². The van der Waals surface area contributed by atoms with Crippen molar-refractivity contribution in [2.75, 3.05) is 0 Å². The molecule has 1 nitrogen and oxygen atoms in total. The van der Waals surface area contributed by atoms with Crippen LogP contribution in [0, 0.1) is 44.1 Å². The summed E-state index contributed by atoms with van der Waals surface area (Å²) < 4.78 is 0. The van der Waals surface area contributed by atoms with Gasteiger partial charge in [0.15, 0.2) is 0 Å². The van der Waals surface area contributed by atoms with Crippen molar-refractivity contribution in [3.05, 3.63) is 12.8 Å². The normalized spacial score (nSPS) is 3.00. The minimum Gasteiger partial charge on any atom is -0.516 e. The number of hydrogen-bond donors (Lipinski definition) is 1. The summed E-state index contributed by atoms with van der Waals surface area (Å²) in [6.45, 7) is 2.92. The van der Waals surface area contributed by atoms with E-state index in [0.29, 0.717) is 0 Å². The van der Waals surface area contributed by atoms with Gasteiger partial charge in [0.05, 0.1) is 6.26 Å². The molecule has 0 heterocycles. The van der Waals surface area contributed by atoms with Gasteiger partial charge in [-0.3, -0.25) is 0 Å². The molecule has 0 aromatic rings. The predicted molar refractivity (Wildman–Crippen MR) is 12.8 cm³/mol. The molecule has 0 amide bonds. The van der Waals surface area contributed by atoms with Crippen LogP contribution in [0.5, 0.6) is 0 Å². The van der Waals surface area contributed by atoms with Crippen LogP contribution in [0.4, 0.5) is 0 Å². The minimum absolute atomic E-state index is 0. The fourth-order valence-electron chi connectivity index (χ4n) is 0. The zero-order chi connectivity index (χ0) is 2.71. The van der Waals surface area contributed by atoms with Crippen LogP contribution in [-0.2, 0) is 0 Å². The third-order valence-electron chi connectivity index (χ3n) is 0. The van der Waals surface area contributed by atoms with E-state index in [1.807, 2.05) is 0 Å². The van der Waals surface area contributed by atoms with Crippen LogP contribution in [0.1, 0.15) is 0 Å². The summed E-state index contributed by atoms with van der Waals surface area (Å²) in [5.41, 5.74) is 0. The fourth-order valence-corrected chi connectivity index (χ4v) is 0. The summed E-state index contributed by atoms with van der Waals surface area (Å²) in [5, 5.41) is 7.33. The first-order valence-corrected chi connectivity index (χ1v) is 0.666. The second-order valence-electron chi connectivity index (χ2n) is 0.183. The van der Waals surface area contributed by atoms with Crippen LogP contribution in [0.3, 0.4) is 0 Å². The molecule has 0 bridgehead atoms. The third kappa shape index (κ3) is 12.2. The first kappa shape index (κ1) is 8.88. The largest absolute Gasteiger partial charge is 0.516 e. The summed E-state index contributed by atoms with van der Waals surface area (Å²) >= 11 is 0. The Morgan fingerprint density at radius 1 is 1.75 bits per heavy atom. The summed E-state index contributed by atoms with van der Waals surface area (Å²) in [6, 6.07) is 0. The molecule has 0 aliphatic heterocycles. The molecule has 4 heavy (non-hydrogen) atoms. The molecule has 0 saturated carbocycles. The van der Waals surface area contributed by atoms with Crippen LogP contribution in [0.25, 0.3) is 0 Å². The van der Waals surface area contributed by atoms with Gasteiger partial charge in [-0.2, -0.15) is 0 Å². The summed E-state index contributed by atoms with van der Waals surface area (Å²) in [5.74, 6) is 0. The maximum Gasteiger partial charge on any atom is 0.0719 e. The van der Waals surface area contributed by atoms with Crippen molar-refractivity contribution in [3.63, 3.8) is 0 Å². The number of hydrogen-bond acceptors (Lipinski definition) is 1. The van der Waals surface area contributed by atoms with E-state index in [2.05, 4.69) is 6.58 Å². The average Bonchev–Trinajstić information content (AvgIpc) is 0.918. The van der Waals surface area contributed by atoms with Crippen LogP contribution in [0.15, 0.2) is 12.8 Å². The SMILES string of the molecule is C=CO.[Ac]. The molecule has 0 aliphatic rings. The van der Waals surface area contributed by atoms with Crippen LogP contribution >= 0.6 is 0 Å². The quantitative estimate of drug-likeness (QED) is 0.643. The van der Waals surface area contributed by atoms with Crippen molar-refractivity contribution in [2.24, 2.45) is 0 Å². The van der Waals surface area contributed by atoms with Gasteiger partial charge in [0.25, 0.3) is 0 Å². The molecular weight excluding hydrogens is 267 g/mol. The number of aliphatic hydroxyl groups is 1. The van der Waals surface area contributed by atoms with E-state index in [-0.39, 0.29) is 44.1 Å². The molecule has 1 radical (unpaired) electrons. The van der Waals surface area contributed by atoms with Crippen molar-refractivity contribution in [1.29, 1.82) is 0 Å². The standard InChI is InChI=1S/C2H4O.Ac/c1-2-3;/h2-3H,1H2;. The minimum atomic E-state index is 0. The Morgan fingerprint density at radius 2 is 1.75 bits per heavy atom. The average molecular weight is 271 g/mol. The zero-order valence-corrected chi connectivity index (χ0v) is 7.05. The smallest absolute Gasteiger partial charge is 0.0719 e. The molecule has 0 atom stereocenters. The van der Waals surface area contributed by atoms with E-state index in [0.717, 1.165) is 6.26 Å². The Kier molecular flexibility index (Phi) is 20.0. The van der Waals surface area contributed by atoms with Crippen LogP contribution in [0.2, 0.25) is 0 Å². The Labute approximate surface area is 61.3 Å². The van der Waals surface area contributed by atoms with Gasteiger partial charge >= 0.3 is 0 Å². The van der Waals surface area contributed by atoms with Gasteiger partial charge in [-0.25, -0.2) is 0 Å². The van der Waals surface area contributed by atoms with Gasteiger partial charge in [0.1, 0.15) is 0 Å². The monoisotopic (exact) mass is 271 g/mol. The molecule has 0 fully saturated rings. The zero-order valence-electron chi connectivity index (χ0n) is 2.31. The van der Waals surface area contributed by atoms with E-state index in [1.165, 1.54) is 0 Å². The molecule has 0 aliphatic carbocycles. The van der Waals surface area contributed by atoms with Gasteiger partial charge < -0.3 is 5.11 Å². The molecule has 0 unspecified atom stereocenters. The molecule has 0 spiro atoms. The number of aliphatic hydroxyl groups excluding tert-OH is 1. The Morgan fingerprint density at radius 3 is 1.75 bits per heavy atom. The first-order valence-electron chi connectivity index (χ1n) is 0.666. The Hall–Kier alpha value is 0.982. The van der Waals surface area contributed by atoms with E-state index >= 15 is 0 Å². The molecule has 0 saturated heterocycles. The molecule has 1 N–H and O–H groups in total. The van der Waals surface area contributed by atoms with Crippen molar-refractivity contribution >= 4 is 0 Å². The van der Waals surface area contributed by atoms with Gasteiger partial charge in [-0.05, 0) is 0 Å². The summed E-state index contributed by atoms with van der Waals surface area (Å²) in [7, 11) is 0. The van der Waals surface area contributed by atoms with Crippen LogP contribution < -0.4 is 0 Å². The van der Waals surface area contributed by atoms with Crippen molar-refractivity contribution in [1.82, 2.24) is 0 Å². The fraction of sp³-hybridized carbons (Fsp3) is 0. The van der Waals surface area contributed by atoms with Crippen LogP contribution in [-0.4, -0.2) is 5.11 Å². The Bertz CT molecular complexity index is 13.5. The van der Waals surface area contributed by atoms with Gasteiger partial charge in [-0.1, -0.05) is 6.58 Å². The second kappa shape index (κ2) is 9.01. The molecule has 0 aromatic carbocycles. The predicted octanol–water partition coefficient (Wildman–Crippen LogP) is 0.688. The first-order chi connectivity index (χ1) is 1.41. The maximum absolute atomic E-state index is 7.33. The molecule has 0 aromatic heterocycles. The summed E-state index contributed by atoms with van der Waals surface area (Å²) in [4.78, 5) is 0. The van der Waals surface area contributed by atoms with Gasteiger partial charge in [0.2, 0.25) is 0 Å². The third-order valence-corrected chi connectivity index (χ3v) is 0. The molecule has 2 heteroatoms. The number of rotatable bonds is 0. The van der Waals surface area contributed by atoms with E-state index in [4.69, 9.17) is 5.11 Å². The molecule has 0 rings (SSSR count). The van der Waals surface area contributed by atoms with Crippen molar-refractivity contribution in [2.45, 2.75) is 0 Å². The molecular formula is C2H4AcO.